The third kappa shape index (κ3) is 4.39. The SMILES string of the molecule is CCn1cc(C(CC(=O)NCc2cccnc2)c2cccc(Cl)c2)c2ccccc21. The van der Waals surface area contributed by atoms with Crippen LogP contribution in [0.5, 0.6) is 0 Å². The van der Waals surface area contributed by atoms with Gasteiger partial charge in [-0.05, 0) is 47.9 Å². The van der Waals surface area contributed by atoms with Crippen LogP contribution in [0, 0.1) is 0 Å². The Morgan fingerprint density at radius 2 is 2.00 bits per heavy atom. The van der Waals surface area contributed by atoms with Crippen molar-refractivity contribution in [3.8, 4) is 0 Å². The summed E-state index contributed by atoms with van der Waals surface area (Å²) in [6, 6.07) is 20.0. The van der Waals surface area contributed by atoms with E-state index in [-0.39, 0.29) is 11.8 Å². The Kier molecular flexibility index (Phi) is 6.15. The highest BCUT2D eigenvalue weighted by Crippen LogP contribution is 2.35. The predicted octanol–water partition coefficient (Wildman–Crippen LogP) is 5.55. The minimum Gasteiger partial charge on any atom is -0.352 e. The van der Waals surface area contributed by atoms with Crippen molar-refractivity contribution in [1.29, 1.82) is 0 Å². The van der Waals surface area contributed by atoms with E-state index >= 15 is 0 Å². The lowest BCUT2D eigenvalue weighted by molar-refractivity contribution is -0.121. The van der Waals surface area contributed by atoms with Gasteiger partial charge in [0.15, 0.2) is 0 Å². The number of pyridine rings is 1. The summed E-state index contributed by atoms with van der Waals surface area (Å²) in [6.45, 7) is 3.47. The number of fused-ring (bicyclic) bond motifs is 1. The van der Waals surface area contributed by atoms with Crippen LogP contribution in [0.2, 0.25) is 5.02 Å². The van der Waals surface area contributed by atoms with Gasteiger partial charge in [0.05, 0.1) is 0 Å². The number of benzene rings is 2. The molecule has 0 aliphatic rings. The Morgan fingerprint density at radius 3 is 2.77 bits per heavy atom. The largest absolute Gasteiger partial charge is 0.352 e. The molecule has 2 aromatic heterocycles. The van der Waals surface area contributed by atoms with Crippen molar-refractivity contribution in [2.75, 3.05) is 0 Å². The molecule has 0 bridgehead atoms. The van der Waals surface area contributed by atoms with Crippen molar-refractivity contribution in [2.45, 2.75) is 32.4 Å². The summed E-state index contributed by atoms with van der Waals surface area (Å²) < 4.78 is 2.23. The first-order valence-corrected chi connectivity index (χ1v) is 10.5. The van der Waals surface area contributed by atoms with Crippen molar-refractivity contribution in [1.82, 2.24) is 14.9 Å². The van der Waals surface area contributed by atoms with Crippen LogP contribution >= 0.6 is 11.6 Å². The average molecular weight is 418 g/mol. The van der Waals surface area contributed by atoms with Crippen molar-refractivity contribution >= 4 is 28.4 Å². The fourth-order valence-corrected chi connectivity index (χ4v) is 4.10. The molecular weight excluding hydrogens is 394 g/mol. The molecule has 30 heavy (non-hydrogen) atoms. The van der Waals surface area contributed by atoms with E-state index in [1.54, 1.807) is 12.4 Å². The minimum atomic E-state index is -0.0877. The Labute approximate surface area is 181 Å². The lowest BCUT2D eigenvalue weighted by atomic mass is 9.88. The van der Waals surface area contributed by atoms with Gasteiger partial charge in [0, 0.05) is 59.9 Å². The van der Waals surface area contributed by atoms with E-state index in [4.69, 9.17) is 11.6 Å². The molecule has 5 heteroatoms. The maximum absolute atomic E-state index is 12.9. The zero-order valence-corrected chi connectivity index (χ0v) is 17.6. The van der Waals surface area contributed by atoms with E-state index in [0.29, 0.717) is 18.0 Å². The number of nitrogens with zero attached hydrogens (tertiary/aromatic N) is 2. The summed E-state index contributed by atoms with van der Waals surface area (Å²) in [5, 5.41) is 4.88. The smallest absolute Gasteiger partial charge is 0.221 e. The molecule has 1 amide bonds. The van der Waals surface area contributed by atoms with Gasteiger partial charge in [-0.15, -0.1) is 0 Å². The van der Waals surface area contributed by atoms with Gasteiger partial charge in [0.2, 0.25) is 5.91 Å². The fraction of sp³-hybridized carbons (Fsp3) is 0.200. The normalized spacial score (nSPS) is 12.1. The molecule has 0 spiro atoms. The van der Waals surface area contributed by atoms with Crippen LogP contribution in [0.3, 0.4) is 0 Å². The molecule has 2 aromatic carbocycles. The monoisotopic (exact) mass is 417 g/mol. The average Bonchev–Trinajstić information content (AvgIpc) is 3.15. The quantitative estimate of drug-likeness (QED) is 0.428. The maximum atomic E-state index is 12.9. The van der Waals surface area contributed by atoms with E-state index in [1.807, 2.05) is 48.5 Å². The van der Waals surface area contributed by atoms with Gasteiger partial charge in [-0.1, -0.05) is 48.0 Å². The lowest BCUT2D eigenvalue weighted by Crippen LogP contribution is -2.25. The second-order valence-corrected chi connectivity index (χ2v) is 7.77. The number of carbonyl (C=O) groups excluding carboxylic acids is 1. The lowest BCUT2D eigenvalue weighted by Gasteiger charge is -2.18. The van der Waals surface area contributed by atoms with Crippen LogP contribution < -0.4 is 5.32 Å². The Bertz CT molecular complexity index is 1150. The van der Waals surface area contributed by atoms with Gasteiger partial charge in [0.1, 0.15) is 0 Å². The Balaban J connectivity index is 1.67. The van der Waals surface area contributed by atoms with Crippen LogP contribution in [0.1, 0.15) is 36.0 Å². The van der Waals surface area contributed by atoms with Gasteiger partial charge in [-0.25, -0.2) is 0 Å². The number of aromatic nitrogens is 2. The highest BCUT2D eigenvalue weighted by atomic mass is 35.5. The summed E-state index contributed by atoms with van der Waals surface area (Å²) in [4.78, 5) is 17.0. The highest BCUT2D eigenvalue weighted by Gasteiger charge is 2.22. The zero-order chi connectivity index (χ0) is 20.9. The van der Waals surface area contributed by atoms with Gasteiger partial charge < -0.3 is 9.88 Å². The minimum absolute atomic E-state index is 0.00263. The van der Waals surface area contributed by atoms with Crippen molar-refractivity contribution in [3.05, 3.63) is 101 Å². The molecule has 0 radical (unpaired) electrons. The zero-order valence-electron chi connectivity index (χ0n) is 16.9. The molecule has 152 valence electrons. The number of rotatable bonds is 7. The molecule has 1 atom stereocenters. The topological polar surface area (TPSA) is 46.9 Å². The summed E-state index contributed by atoms with van der Waals surface area (Å²) >= 11 is 6.29. The maximum Gasteiger partial charge on any atom is 0.221 e. The number of hydrogen-bond donors (Lipinski definition) is 1. The second kappa shape index (κ2) is 9.14. The molecule has 0 saturated heterocycles. The number of carbonyl (C=O) groups is 1. The molecule has 0 aliphatic carbocycles. The number of aryl methyl sites for hydroxylation is 1. The van der Waals surface area contributed by atoms with E-state index in [0.717, 1.165) is 23.2 Å². The molecule has 4 aromatic rings. The van der Waals surface area contributed by atoms with E-state index < -0.39 is 0 Å². The van der Waals surface area contributed by atoms with Gasteiger partial charge in [0.25, 0.3) is 0 Å². The Morgan fingerprint density at radius 1 is 1.13 bits per heavy atom. The van der Waals surface area contributed by atoms with Crippen molar-refractivity contribution in [2.24, 2.45) is 0 Å². The van der Waals surface area contributed by atoms with Crippen molar-refractivity contribution < 1.29 is 4.79 Å². The third-order valence-corrected chi connectivity index (χ3v) is 5.62. The Hall–Kier alpha value is -3.11. The molecule has 4 rings (SSSR count). The van der Waals surface area contributed by atoms with Crippen LogP contribution in [-0.2, 0) is 17.9 Å². The summed E-state index contributed by atoms with van der Waals surface area (Å²) in [6.07, 6.45) is 6.01. The molecular formula is C25H24ClN3O. The summed E-state index contributed by atoms with van der Waals surface area (Å²) in [7, 11) is 0. The fourth-order valence-electron chi connectivity index (χ4n) is 3.91. The second-order valence-electron chi connectivity index (χ2n) is 7.34. The first-order chi connectivity index (χ1) is 14.7. The predicted molar refractivity (Wildman–Crippen MR) is 122 cm³/mol. The molecule has 0 aliphatic heterocycles. The summed E-state index contributed by atoms with van der Waals surface area (Å²) in [5.41, 5.74) is 4.34. The molecule has 1 unspecified atom stereocenters. The van der Waals surface area contributed by atoms with Crippen LogP contribution in [0.4, 0.5) is 0 Å². The van der Waals surface area contributed by atoms with Crippen LogP contribution in [0.25, 0.3) is 10.9 Å². The third-order valence-electron chi connectivity index (χ3n) is 5.39. The number of para-hydroxylation sites is 1. The standard InChI is InChI=1S/C25H24ClN3O/c1-2-29-17-23(21-10-3-4-11-24(21)29)22(19-8-5-9-20(26)13-19)14-25(30)28-16-18-7-6-12-27-15-18/h3-13,15,17,22H,2,14,16H2,1H3,(H,28,30). The first kappa shape index (κ1) is 20.2. The van der Waals surface area contributed by atoms with Gasteiger partial charge >= 0.3 is 0 Å². The highest BCUT2D eigenvalue weighted by molar-refractivity contribution is 6.30. The molecule has 0 fully saturated rings. The van der Waals surface area contributed by atoms with E-state index in [1.165, 1.54) is 10.9 Å². The number of nitrogens with one attached hydrogen (secondary N) is 1. The first-order valence-electron chi connectivity index (χ1n) is 10.1. The number of amides is 1. The van der Waals surface area contributed by atoms with Crippen LogP contribution in [0.15, 0.2) is 79.3 Å². The van der Waals surface area contributed by atoms with Gasteiger partial charge in [-0.3, -0.25) is 9.78 Å². The van der Waals surface area contributed by atoms with Gasteiger partial charge in [-0.2, -0.15) is 0 Å². The van der Waals surface area contributed by atoms with E-state index in [2.05, 4.69) is 40.1 Å². The number of halogens is 1. The molecule has 4 nitrogen and oxygen atoms in total. The molecule has 0 saturated carbocycles. The summed E-state index contributed by atoms with van der Waals surface area (Å²) in [5.74, 6) is -0.0903. The molecule has 1 N–H and O–H groups in total. The van der Waals surface area contributed by atoms with E-state index in [9.17, 15) is 4.79 Å². The van der Waals surface area contributed by atoms with Crippen molar-refractivity contribution in [3.63, 3.8) is 0 Å². The molecule has 2 heterocycles. The number of hydrogen-bond acceptors (Lipinski definition) is 2. The van der Waals surface area contributed by atoms with Crippen LogP contribution in [-0.4, -0.2) is 15.5 Å².